The summed E-state index contributed by atoms with van der Waals surface area (Å²) in [6.07, 6.45) is 3.47. The molecule has 3 heterocycles. The van der Waals surface area contributed by atoms with Crippen LogP contribution in [0.1, 0.15) is 41.4 Å². The van der Waals surface area contributed by atoms with Gasteiger partial charge in [-0.1, -0.05) is 30.3 Å². The van der Waals surface area contributed by atoms with Gasteiger partial charge in [0.25, 0.3) is 5.91 Å². The highest BCUT2D eigenvalue weighted by molar-refractivity contribution is 7.91. The third-order valence-electron chi connectivity index (χ3n) is 7.16. The Labute approximate surface area is 206 Å². The smallest absolute Gasteiger partial charge is 0.274 e. The number of methoxy groups -OCH3 is 1. The summed E-state index contributed by atoms with van der Waals surface area (Å²) in [5, 5.41) is 4.67. The van der Waals surface area contributed by atoms with E-state index in [4.69, 9.17) is 4.74 Å². The van der Waals surface area contributed by atoms with Crippen molar-refractivity contribution in [1.82, 2.24) is 14.7 Å². The first kappa shape index (κ1) is 23.6. The van der Waals surface area contributed by atoms with Crippen molar-refractivity contribution < 1.29 is 17.9 Å². The lowest BCUT2D eigenvalue weighted by Crippen LogP contribution is -2.39. The number of carbonyl (C=O) groups excluding carboxylic acids is 1. The van der Waals surface area contributed by atoms with Crippen molar-refractivity contribution in [2.24, 2.45) is 5.92 Å². The van der Waals surface area contributed by atoms with Crippen LogP contribution in [0.2, 0.25) is 0 Å². The molecule has 2 aromatic carbocycles. The van der Waals surface area contributed by atoms with Crippen molar-refractivity contribution in [1.29, 1.82) is 0 Å². The number of rotatable bonds is 6. The van der Waals surface area contributed by atoms with E-state index in [-0.39, 0.29) is 23.5 Å². The number of aromatic nitrogens is 2. The molecule has 1 amide bonds. The second-order valence-electron chi connectivity index (χ2n) is 9.57. The Morgan fingerprint density at radius 3 is 2.37 bits per heavy atom. The van der Waals surface area contributed by atoms with Gasteiger partial charge in [-0.05, 0) is 67.5 Å². The number of carbonyl (C=O) groups is 1. The molecule has 0 N–H and O–H groups in total. The van der Waals surface area contributed by atoms with E-state index < -0.39 is 9.84 Å². The van der Waals surface area contributed by atoms with Crippen LogP contribution in [0.5, 0.6) is 5.75 Å². The summed E-state index contributed by atoms with van der Waals surface area (Å²) in [7, 11) is -1.48. The molecule has 1 atom stereocenters. The molecule has 0 bridgehead atoms. The Morgan fingerprint density at radius 2 is 1.74 bits per heavy atom. The van der Waals surface area contributed by atoms with Crippen molar-refractivity contribution in [3.05, 3.63) is 71.9 Å². The molecule has 2 fully saturated rings. The number of likely N-dealkylation sites (tertiary alicyclic amines) is 1. The SMILES string of the molecule is COc1ccc(-c2cc(C(=O)N3CCC(Cc4ccccc4)CC3)nn2C2CCS(=O)(=O)C2)cc1. The molecule has 0 radical (unpaired) electrons. The van der Waals surface area contributed by atoms with E-state index in [0.717, 1.165) is 36.3 Å². The molecule has 2 aliphatic rings. The second-order valence-corrected chi connectivity index (χ2v) is 11.8. The highest BCUT2D eigenvalue weighted by Crippen LogP contribution is 2.32. The Bertz CT molecular complexity index is 1280. The van der Waals surface area contributed by atoms with Crippen molar-refractivity contribution in [3.63, 3.8) is 0 Å². The van der Waals surface area contributed by atoms with E-state index in [9.17, 15) is 13.2 Å². The molecule has 35 heavy (non-hydrogen) atoms. The third-order valence-corrected chi connectivity index (χ3v) is 8.91. The largest absolute Gasteiger partial charge is 0.497 e. The predicted molar refractivity (Wildman–Crippen MR) is 135 cm³/mol. The molecule has 1 unspecified atom stereocenters. The van der Waals surface area contributed by atoms with Crippen LogP contribution < -0.4 is 4.74 Å². The topological polar surface area (TPSA) is 81.5 Å². The van der Waals surface area contributed by atoms with Crippen LogP contribution in [-0.2, 0) is 16.3 Å². The molecule has 1 aromatic heterocycles. The van der Waals surface area contributed by atoms with E-state index in [1.54, 1.807) is 11.8 Å². The van der Waals surface area contributed by atoms with Gasteiger partial charge in [-0.3, -0.25) is 9.48 Å². The summed E-state index contributed by atoms with van der Waals surface area (Å²) in [5.41, 5.74) is 3.36. The van der Waals surface area contributed by atoms with Crippen LogP contribution in [0, 0.1) is 5.92 Å². The molecule has 184 valence electrons. The number of amides is 1. The van der Waals surface area contributed by atoms with Gasteiger partial charge < -0.3 is 9.64 Å². The van der Waals surface area contributed by atoms with E-state index >= 15 is 0 Å². The predicted octanol–water partition coefficient (Wildman–Crippen LogP) is 4.01. The zero-order chi connectivity index (χ0) is 24.4. The van der Waals surface area contributed by atoms with Gasteiger partial charge in [0.15, 0.2) is 15.5 Å². The quantitative estimate of drug-likeness (QED) is 0.518. The third kappa shape index (κ3) is 5.27. The van der Waals surface area contributed by atoms with Gasteiger partial charge >= 0.3 is 0 Å². The molecule has 8 heteroatoms. The summed E-state index contributed by atoms with van der Waals surface area (Å²) in [6, 6.07) is 19.6. The number of piperidine rings is 1. The fourth-order valence-corrected chi connectivity index (χ4v) is 6.86. The van der Waals surface area contributed by atoms with Crippen LogP contribution in [0.15, 0.2) is 60.7 Å². The average Bonchev–Trinajstić information content (AvgIpc) is 3.48. The molecule has 5 rings (SSSR count). The Balaban J connectivity index is 1.35. The van der Waals surface area contributed by atoms with Crippen molar-refractivity contribution in [3.8, 4) is 17.0 Å². The number of sulfone groups is 1. The molecular weight excluding hydrogens is 462 g/mol. The summed E-state index contributed by atoms with van der Waals surface area (Å²) in [4.78, 5) is 15.3. The van der Waals surface area contributed by atoms with E-state index in [1.807, 2.05) is 41.3 Å². The molecule has 0 saturated carbocycles. The van der Waals surface area contributed by atoms with Crippen LogP contribution in [0.3, 0.4) is 0 Å². The van der Waals surface area contributed by atoms with Gasteiger partial charge in [0.05, 0.1) is 30.4 Å². The van der Waals surface area contributed by atoms with Crippen molar-refractivity contribution >= 4 is 15.7 Å². The van der Waals surface area contributed by atoms with Gasteiger partial charge in [0.1, 0.15) is 5.75 Å². The second kappa shape index (κ2) is 9.85. The lowest BCUT2D eigenvalue weighted by atomic mass is 9.90. The minimum atomic E-state index is -3.09. The summed E-state index contributed by atoms with van der Waals surface area (Å²) < 4.78 is 31.3. The number of ether oxygens (including phenoxy) is 1. The van der Waals surface area contributed by atoms with Crippen molar-refractivity contribution in [2.45, 2.75) is 31.7 Å². The minimum absolute atomic E-state index is 0.0519. The van der Waals surface area contributed by atoms with Gasteiger partial charge in [-0.2, -0.15) is 5.10 Å². The van der Waals surface area contributed by atoms with Crippen LogP contribution in [-0.4, -0.2) is 60.7 Å². The molecule has 7 nitrogen and oxygen atoms in total. The molecule has 2 aliphatic heterocycles. The van der Waals surface area contributed by atoms with Gasteiger partial charge in [-0.15, -0.1) is 0 Å². The first-order chi connectivity index (χ1) is 16.9. The van der Waals surface area contributed by atoms with E-state index in [0.29, 0.717) is 31.1 Å². The van der Waals surface area contributed by atoms with E-state index in [2.05, 4.69) is 29.4 Å². The highest BCUT2D eigenvalue weighted by Gasteiger charge is 2.33. The summed E-state index contributed by atoms with van der Waals surface area (Å²) >= 11 is 0. The molecular formula is C27H31N3O4S. The lowest BCUT2D eigenvalue weighted by molar-refractivity contribution is 0.0683. The molecule has 2 saturated heterocycles. The normalized spacial score (nSPS) is 20.1. The zero-order valence-corrected chi connectivity index (χ0v) is 20.8. The fourth-order valence-electron chi connectivity index (χ4n) is 5.17. The maximum Gasteiger partial charge on any atom is 0.274 e. The van der Waals surface area contributed by atoms with Crippen LogP contribution >= 0.6 is 0 Å². The number of hydrogen-bond donors (Lipinski definition) is 0. The number of hydrogen-bond acceptors (Lipinski definition) is 5. The summed E-state index contributed by atoms with van der Waals surface area (Å²) in [6.45, 7) is 1.41. The number of nitrogens with zero attached hydrogens (tertiary/aromatic N) is 3. The molecule has 0 spiro atoms. The van der Waals surface area contributed by atoms with Crippen LogP contribution in [0.25, 0.3) is 11.3 Å². The maximum atomic E-state index is 13.4. The summed E-state index contributed by atoms with van der Waals surface area (Å²) in [5.74, 6) is 1.42. The van der Waals surface area contributed by atoms with Gasteiger partial charge in [0, 0.05) is 18.7 Å². The molecule has 3 aromatic rings. The highest BCUT2D eigenvalue weighted by atomic mass is 32.2. The van der Waals surface area contributed by atoms with Crippen molar-refractivity contribution in [2.75, 3.05) is 31.7 Å². The first-order valence-corrected chi connectivity index (χ1v) is 14.0. The maximum absolute atomic E-state index is 13.4. The van der Waals surface area contributed by atoms with E-state index in [1.165, 1.54) is 5.56 Å². The Morgan fingerprint density at radius 1 is 1.03 bits per heavy atom. The molecule has 0 aliphatic carbocycles. The fraction of sp³-hybridized carbons (Fsp3) is 0.407. The van der Waals surface area contributed by atoms with Crippen LogP contribution in [0.4, 0.5) is 0 Å². The monoisotopic (exact) mass is 493 g/mol. The first-order valence-electron chi connectivity index (χ1n) is 12.2. The Kier molecular flexibility index (Phi) is 6.65. The van der Waals surface area contributed by atoms with Gasteiger partial charge in [0.2, 0.25) is 0 Å². The standard InChI is InChI=1S/C27H31N3O4S/c1-34-24-9-7-22(8-10-24)26-18-25(28-30(26)23-13-16-35(32,33)19-23)27(31)29-14-11-21(12-15-29)17-20-5-3-2-4-6-20/h2-10,18,21,23H,11-17,19H2,1H3. The lowest BCUT2D eigenvalue weighted by Gasteiger charge is -2.31. The van der Waals surface area contributed by atoms with Gasteiger partial charge in [-0.25, -0.2) is 8.42 Å². The zero-order valence-electron chi connectivity index (χ0n) is 20.0. The Hall–Kier alpha value is -3.13. The number of benzene rings is 2. The average molecular weight is 494 g/mol. The minimum Gasteiger partial charge on any atom is -0.497 e.